The third-order valence-corrected chi connectivity index (χ3v) is 1.68. The number of rotatable bonds is 3. The van der Waals surface area contributed by atoms with E-state index >= 15 is 0 Å². The summed E-state index contributed by atoms with van der Waals surface area (Å²) in [5, 5.41) is 0. The summed E-state index contributed by atoms with van der Waals surface area (Å²) in [5.41, 5.74) is 0.921. The van der Waals surface area contributed by atoms with Crippen LogP contribution in [0.5, 0.6) is 5.75 Å². The molecule has 0 aliphatic heterocycles. The van der Waals surface area contributed by atoms with Gasteiger partial charge in [0.15, 0.2) is 0 Å². The molecule has 1 rings (SSSR count). The van der Waals surface area contributed by atoms with E-state index in [4.69, 9.17) is 4.74 Å². The fourth-order valence-electron chi connectivity index (χ4n) is 0.832. The maximum atomic E-state index is 10.5. The summed E-state index contributed by atoms with van der Waals surface area (Å²) < 4.78 is 9.48. The van der Waals surface area contributed by atoms with Crippen LogP contribution in [0.3, 0.4) is 0 Å². The topological polar surface area (TPSA) is 35.5 Å². The van der Waals surface area contributed by atoms with Gasteiger partial charge in [-0.25, -0.2) is 0 Å². The van der Waals surface area contributed by atoms with Gasteiger partial charge in [0.1, 0.15) is 12.4 Å². The molecule has 102 valence electrons. The van der Waals surface area contributed by atoms with Crippen LogP contribution >= 0.6 is 12.9 Å². The minimum Gasteiger partial charge on any atom is -0.461 e. The summed E-state index contributed by atoms with van der Waals surface area (Å²) in [4.78, 5) is 10.5. The molecule has 0 saturated heterocycles. The summed E-state index contributed by atoms with van der Waals surface area (Å²) in [7, 11) is 0. The van der Waals surface area contributed by atoms with E-state index in [1.54, 1.807) is 12.1 Å². The van der Waals surface area contributed by atoms with Gasteiger partial charge in [0.05, 0.1) is 0 Å². The third-order valence-electron chi connectivity index (χ3n) is 1.47. The molecule has 1 aromatic rings. The van der Waals surface area contributed by atoms with Gasteiger partial charge in [-0.2, -0.15) is 0 Å². The van der Waals surface area contributed by atoms with Gasteiger partial charge in [-0.1, -0.05) is 39.8 Å². The fraction of sp³-hybridized carbons (Fsp3) is 0.462. The number of hydrogen-bond acceptors (Lipinski definition) is 4. The molecule has 0 atom stereocenters. The zero-order valence-corrected chi connectivity index (χ0v) is 16.7. The summed E-state index contributed by atoms with van der Waals surface area (Å²) in [6.07, 6.45) is 0. The maximum absolute atomic E-state index is 10.5. The molecule has 0 bridgehead atoms. The maximum Gasteiger partial charge on any atom is 0.302 e. The number of ether oxygens (including phenoxy) is 1. The molecule has 0 N–H and O–H groups in total. The first-order valence-corrected chi connectivity index (χ1v) is 6.12. The molecule has 1 aromatic carbocycles. The van der Waals surface area contributed by atoms with Crippen LogP contribution in [-0.4, -0.2) is 5.97 Å². The van der Waals surface area contributed by atoms with Crippen LogP contribution in [0.1, 0.15) is 40.2 Å². The van der Waals surface area contributed by atoms with E-state index in [-0.39, 0.29) is 37.1 Å². The van der Waals surface area contributed by atoms with Crippen LogP contribution in [0.2, 0.25) is 0 Å². The van der Waals surface area contributed by atoms with E-state index in [9.17, 15) is 4.79 Å². The van der Waals surface area contributed by atoms with Gasteiger partial charge in [0.25, 0.3) is 0 Å². The molecule has 0 aromatic heterocycles. The van der Waals surface area contributed by atoms with Crippen LogP contribution in [0.15, 0.2) is 24.3 Å². The number of benzene rings is 1. The van der Waals surface area contributed by atoms with Crippen molar-refractivity contribution in [2.24, 2.45) is 0 Å². The average Bonchev–Trinajstić information content (AvgIpc) is 2.41. The fourth-order valence-corrected chi connectivity index (χ4v) is 0.953. The Morgan fingerprint density at radius 1 is 1.11 bits per heavy atom. The Labute approximate surface area is 140 Å². The van der Waals surface area contributed by atoms with Crippen molar-refractivity contribution in [1.29, 1.82) is 0 Å². The second-order valence-corrected chi connectivity index (χ2v) is 2.70. The predicted molar refractivity (Wildman–Crippen MR) is 74.2 cm³/mol. The van der Waals surface area contributed by atoms with Crippen molar-refractivity contribution in [3.63, 3.8) is 0 Å². The monoisotopic (exact) mass is 496 g/mol. The Balaban J connectivity index is -0.000000409. The molecule has 0 saturated carbocycles. The summed E-state index contributed by atoms with van der Waals surface area (Å²) in [6, 6.07) is 7.14. The van der Waals surface area contributed by atoms with E-state index in [0.717, 1.165) is 5.56 Å². The number of hydrogen-bond donors (Lipinski definition) is 1. The molecule has 0 heterocycles. The van der Waals surface area contributed by atoms with Gasteiger partial charge in [-0.05, 0) is 17.7 Å². The summed E-state index contributed by atoms with van der Waals surface area (Å²) in [6.45, 7) is 9.67. The Morgan fingerprint density at radius 3 is 1.89 bits per heavy atom. The molecule has 18 heavy (non-hydrogen) atoms. The van der Waals surface area contributed by atoms with Crippen LogP contribution in [0, 0.1) is 31.1 Å². The van der Waals surface area contributed by atoms with E-state index in [1.807, 2.05) is 39.8 Å². The van der Waals surface area contributed by atoms with E-state index in [2.05, 4.69) is 17.1 Å². The summed E-state index contributed by atoms with van der Waals surface area (Å²) in [5.74, 6) is 0.379. The van der Waals surface area contributed by atoms with Crippen molar-refractivity contribution in [3.05, 3.63) is 29.8 Å². The van der Waals surface area contributed by atoms with Crippen molar-refractivity contribution < 1.29 is 44.8 Å². The van der Waals surface area contributed by atoms with Gasteiger partial charge >= 0.3 is 5.97 Å². The molecular weight excluding hydrogens is 474 g/mol. The SMILES string of the molecule is CC.CC.CC(=O)OCc1ccc(OS)cc1.[U]. The molecule has 0 radical (unpaired) electrons. The van der Waals surface area contributed by atoms with Gasteiger partial charge in [-0.3, -0.25) is 4.79 Å². The standard InChI is InChI=1S/C9H10O3S.2C2H6.U/c1-7(10)11-6-8-2-4-9(12-13)5-3-8;2*1-2;/h2-5,13H,6H2,1H3;2*1-2H3;. The molecule has 0 unspecified atom stereocenters. The van der Waals surface area contributed by atoms with E-state index in [1.165, 1.54) is 6.92 Å². The Hall–Kier alpha value is -0.108. The summed E-state index contributed by atoms with van der Waals surface area (Å²) >= 11 is 3.64. The predicted octanol–water partition coefficient (Wildman–Crippen LogP) is 4.03. The van der Waals surface area contributed by atoms with Crippen LogP contribution in [-0.2, 0) is 16.1 Å². The first-order valence-electron chi connectivity index (χ1n) is 5.76. The second kappa shape index (κ2) is 16.9. The van der Waals surface area contributed by atoms with Crippen LogP contribution in [0.4, 0.5) is 0 Å². The first kappa shape index (κ1) is 23.0. The molecule has 0 aliphatic rings. The minimum absolute atomic E-state index is 0. The Kier molecular flexibility index (Phi) is 21.6. The molecule has 5 heteroatoms. The van der Waals surface area contributed by atoms with E-state index < -0.39 is 0 Å². The third kappa shape index (κ3) is 12.4. The number of carbonyl (C=O) groups excluding carboxylic acids is 1. The molecule has 0 amide bonds. The van der Waals surface area contributed by atoms with Crippen LogP contribution in [0.25, 0.3) is 0 Å². The molecule has 0 aliphatic carbocycles. The first-order chi connectivity index (χ1) is 8.22. The van der Waals surface area contributed by atoms with Crippen LogP contribution < -0.4 is 4.18 Å². The molecule has 0 spiro atoms. The number of esters is 1. The van der Waals surface area contributed by atoms with Gasteiger partial charge in [-0.15, -0.1) is 0 Å². The molecular formula is C13H22O3SU. The minimum atomic E-state index is -0.283. The Morgan fingerprint density at radius 2 is 1.56 bits per heavy atom. The smallest absolute Gasteiger partial charge is 0.302 e. The largest absolute Gasteiger partial charge is 0.461 e. The quantitative estimate of drug-likeness (QED) is 0.390. The Bertz CT molecular complexity index is 289. The number of carbonyl (C=O) groups is 1. The number of thiol groups is 1. The molecule has 0 fully saturated rings. The van der Waals surface area contributed by atoms with Crippen molar-refractivity contribution in [2.45, 2.75) is 41.2 Å². The van der Waals surface area contributed by atoms with Gasteiger partial charge in [0, 0.05) is 50.9 Å². The zero-order valence-electron chi connectivity index (χ0n) is 11.7. The van der Waals surface area contributed by atoms with Crippen molar-refractivity contribution in [2.75, 3.05) is 0 Å². The van der Waals surface area contributed by atoms with Crippen molar-refractivity contribution >= 4 is 18.9 Å². The van der Waals surface area contributed by atoms with Gasteiger partial charge < -0.3 is 8.92 Å². The van der Waals surface area contributed by atoms with Crippen molar-refractivity contribution in [3.8, 4) is 5.75 Å². The molecule has 3 nitrogen and oxygen atoms in total. The average molecular weight is 496 g/mol. The van der Waals surface area contributed by atoms with Crippen molar-refractivity contribution in [1.82, 2.24) is 0 Å². The van der Waals surface area contributed by atoms with Gasteiger partial charge in [0.2, 0.25) is 0 Å². The second-order valence-electron chi connectivity index (χ2n) is 2.52. The zero-order chi connectivity index (χ0) is 13.7. The van der Waals surface area contributed by atoms with E-state index in [0.29, 0.717) is 12.4 Å². The normalized spacial score (nSPS) is 7.44.